The van der Waals surface area contributed by atoms with Gasteiger partial charge in [0.05, 0.1) is 36.2 Å². The van der Waals surface area contributed by atoms with Crippen LogP contribution in [0.15, 0.2) is 6.20 Å². The highest BCUT2D eigenvalue weighted by Gasteiger charge is 2.18. The van der Waals surface area contributed by atoms with Crippen molar-refractivity contribution in [3.63, 3.8) is 0 Å². The fourth-order valence-electron chi connectivity index (χ4n) is 1.70. The van der Waals surface area contributed by atoms with Crippen molar-refractivity contribution in [3.05, 3.63) is 16.9 Å². The maximum atomic E-state index is 6.14. The van der Waals surface area contributed by atoms with E-state index in [1.165, 1.54) is 0 Å². The van der Waals surface area contributed by atoms with E-state index < -0.39 is 0 Å². The first-order chi connectivity index (χ1) is 8.57. The summed E-state index contributed by atoms with van der Waals surface area (Å²) in [5.41, 5.74) is 7.01. The molecule has 0 saturated carbocycles. The van der Waals surface area contributed by atoms with Gasteiger partial charge in [-0.15, -0.1) is 0 Å². The van der Waals surface area contributed by atoms with Crippen LogP contribution in [0.25, 0.3) is 0 Å². The number of ether oxygens (including phenoxy) is 2. The Morgan fingerprint density at radius 2 is 2.11 bits per heavy atom. The van der Waals surface area contributed by atoms with Crippen LogP contribution < -0.4 is 5.73 Å². The Balaban J connectivity index is 2.50. The molecule has 0 radical (unpaired) electrons. The van der Waals surface area contributed by atoms with Crippen LogP contribution in [0, 0.1) is 0 Å². The summed E-state index contributed by atoms with van der Waals surface area (Å²) < 4.78 is 12.2. The Hall–Kier alpha value is -0.620. The molecule has 1 unspecified atom stereocenters. The lowest BCUT2D eigenvalue weighted by atomic mass is 10.1. The first-order valence-corrected chi connectivity index (χ1v) is 6.50. The summed E-state index contributed by atoms with van der Waals surface area (Å²) in [6.07, 6.45) is 2.35. The van der Waals surface area contributed by atoms with Gasteiger partial charge < -0.3 is 15.2 Å². The molecule has 0 aliphatic heterocycles. The molecule has 0 aliphatic carbocycles. The lowest BCUT2D eigenvalue weighted by molar-refractivity contribution is 0.0669. The molecular weight excluding hydrogens is 254 g/mol. The smallest absolute Gasteiger partial charge is 0.0834 e. The molecule has 5 nitrogen and oxygen atoms in total. The molecule has 104 valence electrons. The summed E-state index contributed by atoms with van der Waals surface area (Å²) in [6, 6.07) is 0.0814. The quantitative estimate of drug-likeness (QED) is 0.739. The molecule has 2 N–H and O–H groups in total. The SMILES string of the molecule is COCCOCCC(N)c1c(Cl)cnn1C(C)C. The molecule has 1 heterocycles. The molecule has 0 fully saturated rings. The Morgan fingerprint density at radius 1 is 1.39 bits per heavy atom. The van der Waals surface area contributed by atoms with Crippen LogP contribution in [0.3, 0.4) is 0 Å². The van der Waals surface area contributed by atoms with Crippen molar-refractivity contribution in [3.8, 4) is 0 Å². The molecule has 18 heavy (non-hydrogen) atoms. The zero-order valence-electron chi connectivity index (χ0n) is 11.2. The number of nitrogens with two attached hydrogens (primary N) is 1. The van der Waals surface area contributed by atoms with E-state index in [9.17, 15) is 0 Å². The van der Waals surface area contributed by atoms with Crippen LogP contribution in [0.2, 0.25) is 5.02 Å². The van der Waals surface area contributed by atoms with E-state index in [0.717, 1.165) is 5.69 Å². The zero-order valence-corrected chi connectivity index (χ0v) is 12.0. The van der Waals surface area contributed by atoms with E-state index in [-0.39, 0.29) is 12.1 Å². The molecule has 1 atom stereocenters. The zero-order chi connectivity index (χ0) is 13.5. The third-order valence-corrected chi connectivity index (χ3v) is 2.92. The van der Waals surface area contributed by atoms with Gasteiger partial charge in [-0.05, 0) is 20.3 Å². The lowest BCUT2D eigenvalue weighted by Gasteiger charge is -2.17. The predicted octanol–water partition coefficient (Wildman–Crippen LogP) is 2.17. The maximum Gasteiger partial charge on any atom is 0.0834 e. The minimum Gasteiger partial charge on any atom is -0.382 e. The van der Waals surface area contributed by atoms with E-state index in [1.54, 1.807) is 13.3 Å². The van der Waals surface area contributed by atoms with Gasteiger partial charge in [-0.1, -0.05) is 11.6 Å². The second-order valence-corrected chi connectivity index (χ2v) is 4.82. The third-order valence-electron chi connectivity index (χ3n) is 2.63. The molecule has 1 aromatic heterocycles. The van der Waals surface area contributed by atoms with E-state index in [1.807, 2.05) is 4.68 Å². The summed E-state index contributed by atoms with van der Waals surface area (Å²) in [5.74, 6) is 0. The van der Waals surface area contributed by atoms with Crippen LogP contribution in [0.4, 0.5) is 0 Å². The molecule has 0 aliphatic rings. The number of aromatic nitrogens is 2. The van der Waals surface area contributed by atoms with Gasteiger partial charge in [-0.25, -0.2) is 0 Å². The van der Waals surface area contributed by atoms with Crippen LogP contribution in [-0.2, 0) is 9.47 Å². The Bertz CT molecular complexity index is 355. The summed E-state index contributed by atoms with van der Waals surface area (Å²) in [4.78, 5) is 0. The first-order valence-electron chi connectivity index (χ1n) is 6.13. The van der Waals surface area contributed by atoms with E-state index >= 15 is 0 Å². The van der Waals surface area contributed by atoms with Crippen molar-refractivity contribution in [2.24, 2.45) is 5.73 Å². The third kappa shape index (κ3) is 4.24. The highest BCUT2D eigenvalue weighted by Crippen LogP contribution is 2.25. The first kappa shape index (κ1) is 15.4. The summed E-state index contributed by atoms with van der Waals surface area (Å²) in [6.45, 7) is 5.87. The van der Waals surface area contributed by atoms with Gasteiger partial charge >= 0.3 is 0 Å². The molecule has 0 amide bonds. The summed E-state index contributed by atoms with van der Waals surface area (Å²) in [5, 5.41) is 4.86. The van der Waals surface area contributed by atoms with Crippen molar-refractivity contribution in [1.29, 1.82) is 0 Å². The van der Waals surface area contributed by atoms with Gasteiger partial charge in [-0.2, -0.15) is 5.10 Å². The lowest BCUT2D eigenvalue weighted by Crippen LogP contribution is -2.20. The van der Waals surface area contributed by atoms with E-state index in [4.69, 9.17) is 26.8 Å². The van der Waals surface area contributed by atoms with Gasteiger partial charge in [0, 0.05) is 19.8 Å². The largest absolute Gasteiger partial charge is 0.382 e. The molecular formula is C12H22ClN3O2. The molecule has 6 heteroatoms. The van der Waals surface area contributed by atoms with Crippen molar-refractivity contribution in [2.45, 2.75) is 32.4 Å². The predicted molar refractivity (Wildman–Crippen MR) is 71.9 cm³/mol. The Labute approximate surface area is 113 Å². The van der Waals surface area contributed by atoms with E-state index in [0.29, 0.717) is 31.3 Å². The van der Waals surface area contributed by atoms with Gasteiger partial charge in [0.15, 0.2) is 0 Å². The normalized spacial score (nSPS) is 13.2. The average molecular weight is 276 g/mol. The molecule has 0 saturated heterocycles. The van der Waals surface area contributed by atoms with Gasteiger partial charge in [0.2, 0.25) is 0 Å². The van der Waals surface area contributed by atoms with Gasteiger partial charge in [-0.3, -0.25) is 4.68 Å². The summed E-state index contributed by atoms with van der Waals surface area (Å²) in [7, 11) is 1.65. The number of hydrogen-bond acceptors (Lipinski definition) is 4. The van der Waals surface area contributed by atoms with Gasteiger partial charge in [0.1, 0.15) is 0 Å². The molecule has 0 bridgehead atoms. The highest BCUT2D eigenvalue weighted by molar-refractivity contribution is 6.31. The second-order valence-electron chi connectivity index (χ2n) is 4.42. The molecule has 1 aromatic rings. The monoisotopic (exact) mass is 275 g/mol. The fourth-order valence-corrected chi connectivity index (χ4v) is 1.97. The number of hydrogen-bond donors (Lipinski definition) is 1. The second kappa shape index (κ2) is 7.74. The molecule has 1 rings (SSSR count). The number of methoxy groups -OCH3 is 1. The number of rotatable bonds is 8. The van der Waals surface area contributed by atoms with Crippen molar-refractivity contribution in [2.75, 3.05) is 26.9 Å². The topological polar surface area (TPSA) is 62.3 Å². The van der Waals surface area contributed by atoms with Crippen LogP contribution >= 0.6 is 11.6 Å². The maximum absolute atomic E-state index is 6.14. The van der Waals surface area contributed by atoms with Crippen LogP contribution in [0.1, 0.15) is 38.0 Å². The van der Waals surface area contributed by atoms with Gasteiger partial charge in [0.25, 0.3) is 0 Å². The van der Waals surface area contributed by atoms with Crippen molar-refractivity contribution < 1.29 is 9.47 Å². The minimum atomic E-state index is -0.162. The van der Waals surface area contributed by atoms with Crippen LogP contribution in [-0.4, -0.2) is 36.7 Å². The highest BCUT2D eigenvalue weighted by atomic mass is 35.5. The average Bonchev–Trinajstić information content (AvgIpc) is 2.71. The van der Waals surface area contributed by atoms with Crippen molar-refractivity contribution in [1.82, 2.24) is 9.78 Å². The molecule has 0 aromatic carbocycles. The van der Waals surface area contributed by atoms with Crippen molar-refractivity contribution >= 4 is 11.6 Å². The molecule has 0 spiro atoms. The van der Waals surface area contributed by atoms with Crippen LogP contribution in [0.5, 0.6) is 0 Å². The minimum absolute atomic E-state index is 0.162. The fraction of sp³-hybridized carbons (Fsp3) is 0.750. The number of nitrogens with zero attached hydrogens (tertiary/aromatic N) is 2. The summed E-state index contributed by atoms with van der Waals surface area (Å²) >= 11 is 6.12. The Morgan fingerprint density at radius 3 is 2.72 bits per heavy atom. The Kier molecular flexibility index (Phi) is 6.63. The van der Waals surface area contributed by atoms with E-state index in [2.05, 4.69) is 18.9 Å². The standard InChI is InChI=1S/C12H22ClN3O2/c1-9(2)16-12(10(13)8-15-16)11(14)4-5-18-7-6-17-3/h8-9,11H,4-7,14H2,1-3H3. The number of halogens is 1.